The lowest BCUT2D eigenvalue weighted by molar-refractivity contribution is -0.137. The van der Waals surface area contributed by atoms with Crippen molar-refractivity contribution >= 4 is 15.1 Å². The topological polar surface area (TPSA) is 54.4 Å². The van der Waals surface area contributed by atoms with Gasteiger partial charge in [-0.05, 0) is 6.42 Å². The van der Waals surface area contributed by atoms with Crippen LogP contribution in [0.1, 0.15) is 19.8 Å². The summed E-state index contributed by atoms with van der Waals surface area (Å²) in [6.07, 6.45) is 1.02. The molecule has 0 rings (SSSR count). The van der Waals surface area contributed by atoms with Crippen molar-refractivity contribution in [3.8, 4) is 0 Å². The molecule has 1 unspecified atom stereocenters. The van der Waals surface area contributed by atoms with Gasteiger partial charge < -0.3 is 9.67 Å². The van der Waals surface area contributed by atoms with Crippen LogP contribution in [0.4, 0.5) is 0 Å². The van der Waals surface area contributed by atoms with Crippen LogP contribution >= 0.6 is 9.12 Å². The Bertz CT molecular complexity index is 64.3. The molecule has 1 N–H and O–H groups in total. The van der Waals surface area contributed by atoms with E-state index in [0.717, 1.165) is 6.42 Å². The highest BCUT2D eigenvalue weighted by Gasteiger charge is 1.87. The zero-order valence-corrected chi connectivity index (χ0v) is 6.30. The fourth-order valence-electron chi connectivity index (χ4n) is 0.214. The molecule has 1 atom stereocenters. The molecule has 3 nitrogen and oxygen atoms in total. The highest BCUT2D eigenvalue weighted by atomic mass is 31.0. The molecule has 0 aliphatic heterocycles. The summed E-state index contributed by atoms with van der Waals surface area (Å²) in [5, 5.41) is 7.91. The summed E-state index contributed by atoms with van der Waals surface area (Å²) in [6.45, 7) is 1.84. The van der Waals surface area contributed by atoms with E-state index in [1.165, 1.54) is 0 Å². The van der Waals surface area contributed by atoms with Gasteiger partial charge in [0.2, 0.25) is 0 Å². The predicted molar refractivity (Wildman–Crippen MR) is 34.3 cm³/mol. The highest BCUT2D eigenvalue weighted by Crippen LogP contribution is 1.82. The van der Waals surface area contributed by atoms with Crippen molar-refractivity contribution in [2.45, 2.75) is 19.8 Å². The molecule has 0 bridgehead atoms. The second-order valence-corrected chi connectivity index (χ2v) is 1.14. The zero-order valence-electron chi connectivity index (χ0n) is 4.89. The van der Waals surface area contributed by atoms with Gasteiger partial charge in [-0.25, -0.2) is 0 Å². The van der Waals surface area contributed by atoms with E-state index in [0.29, 0.717) is 15.5 Å². The molecule has 0 aliphatic rings. The van der Waals surface area contributed by atoms with Gasteiger partial charge in [-0.2, -0.15) is 0 Å². The van der Waals surface area contributed by atoms with Crippen LogP contribution in [-0.2, 0) is 9.36 Å². The average Bonchev–Trinajstić information content (AvgIpc) is 1.72. The molecule has 0 aliphatic carbocycles. The van der Waals surface area contributed by atoms with Crippen molar-refractivity contribution in [3.63, 3.8) is 0 Å². The molecular weight excluding hydrogens is 127 g/mol. The van der Waals surface area contributed by atoms with Crippen molar-refractivity contribution in [2.75, 3.05) is 0 Å². The number of aliphatic carboxylic acids is 1. The molecule has 50 valence electrons. The summed E-state index contributed by atoms with van der Waals surface area (Å²) in [6, 6.07) is 0. The van der Waals surface area contributed by atoms with Crippen LogP contribution in [0.5, 0.6) is 0 Å². The lowest BCUT2D eigenvalue weighted by atomic mass is 10.4. The third-order valence-electron chi connectivity index (χ3n) is 0.464. The van der Waals surface area contributed by atoms with Crippen molar-refractivity contribution in [1.82, 2.24) is 0 Å². The standard InChI is InChI=1S/C4H8O2.H3OP/c1-2-3-4(5)6;1-2/h2-3H2,1H3,(H,5,6);2H3. The van der Waals surface area contributed by atoms with Crippen LogP contribution in [0.2, 0.25) is 0 Å². The maximum absolute atomic E-state index is 9.60. The third-order valence-corrected chi connectivity index (χ3v) is 0.464. The Morgan fingerprint density at radius 1 is 1.62 bits per heavy atom. The molecule has 0 fully saturated rings. The van der Waals surface area contributed by atoms with Gasteiger partial charge in [0.05, 0.1) is 9.12 Å². The van der Waals surface area contributed by atoms with Gasteiger partial charge in [0.25, 0.3) is 0 Å². The van der Waals surface area contributed by atoms with Crippen molar-refractivity contribution < 1.29 is 14.5 Å². The van der Waals surface area contributed by atoms with E-state index >= 15 is 0 Å². The second kappa shape index (κ2) is 9.85. The second-order valence-electron chi connectivity index (χ2n) is 1.14. The molecular formula is C4H11O3P. The summed E-state index contributed by atoms with van der Waals surface area (Å²) >= 11 is 0. The number of hydrogen-bond donors (Lipinski definition) is 1. The van der Waals surface area contributed by atoms with Gasteiger partial charge in [0.1, 0.15) is 0 Å². The largest absolute Gasteiger partial charge is 0.481 e. The lowest BCUT2D eigenvalue weighted by Gasteiger charge is -1.79. The molecule has 8 heavy (non-hydrogen) atoms. The quantitative estimate of drug-likeness (QED) is 0.574. The molecule has 0 amide bonds. The summed E-state index contributed by atoms with van der Waals surface area (Å²) < 4.78 is 8.28. The number of carboxylic acid groups (broad SMARTS) is 1. The lowest BCUT2D eigenvalue weighted by Crippen LogP contribution is -1.90. The van der Waals surface area contributed by atoms with E-state index in [-0.39, 0.29) is 0 Å². The van der Waals surface area contributed by atoms with Crippen molar-refractivity contribution in [1.29, 1.82) is 0 Å². The molecule has 0 saturated carbocycles. The normalized spacial score (nSPS) is 7.12. The van der Waals surface area contributed by atoms with Crippen LogP contribution in [0.3, 0.4) is 0 Å². The Morgan fingerprint density at radius 2 is 2.00 bits per heavy atom. The molecule has 0 spiro atoms. The molecule has 0 heterocycles. The van der Waals surface area contributed by atoms with E-state index < -0.39 is 5.97 Å². The monoisotopic (exact) mass is 138 g/mol. The number of carboxylic acids is 1. The molecule has 0 aromatic carbocycles. The summed E-state index contributed by atoms with van der Waals surface area (Å²) in [5.74, 6) is -0.711. The number of hydrogen-bond acceptors (Lipinski definition) is 2. The third kappa shape index (κ3) is 17.3. The predicted octanol–water partition coefficient (Wildman–Crippen LogP) is 0.810. The fraction of sp³-hybridized carbons (Fsp3) is 0.750. The van der Waals surface area contributed by atoms with Crippen LogP contribution in [0.25, 0.3) is 0 Å². The van der Waals surface area contributed by atoms with Crippen molar-refractivity contribution in [2.24, 2.45) is 0 Å². The minimum Gasteiger partial charge on any atom is -0.481 e. The minimum atomic E-state index is -0.711. The Balaban J connectivity index is 0. The van der Waals surface area contributed by atoms with E-state index in [2.05, 4.69) is 0 Å². The summed E-state index contributed by atoms with van der Waals surface area (Å²) in [7, 11) is 0.611. The van der Waals surface area contributed by atoms with E-state index in [1.54, 1.807) is 0 Å². The van der Waals surface area contributed by atoms with Gasteiger partial charge in [-0.1, -0.05) is 6.92 Å². The Hall–Kier alpha value is -0.300. The van der Waals surface area contributed by atoms with Crippen LogP contribution in [0.15, 0.2) is 0 Å². The van der Waals surface area contributed by atoms with Crippen LogP contribution in [-0.4, -0.2) is 11.1 Å². The molecule has 4 heteroatoms. The van der Waals surface area contributed by atoms with E-state index in [4.69, 9.17) is 9.67 Å². The van der Waals surface area contributed by atoms with Crippen LogP contribution < -0.4 is 0 Å². The first kappa shape index (κ1) is 10.6. The Kier molecular flexibility index (Phi) is 13.1. The Morgan fingerprint density at radius 3 is 2.00 bits per heavy atom. The molecule has 0 aromatic rings. The SMILES string of the molecule is CCCC(=O)O.O=[PH3]. The van der Waals surface area contributed by atoms with E-state index in [9.17, 15) is 4.79 Å². The van der Waals surface area contributed by atoms with Gasteiger partial charge in [-0.3, -0.25) is 4.79 Å². The minimum absolute atomic E-state index is 0.292. The van der Waals surface area contributed by atoms with Gasteiger partial charge in [0, 0.05) is 6.42 Å². The van der Waals surface area contributed by atoms with Gasteiger partial charge in [0.15, 0.2) is 0 Å². The molecule has 0 radical (unpaired) electrons. The van der Waals surface area contributed by atoms with E-state index in [1.807, 2.05) is 6.92 Å². The highest BCUT2D eigenvalue weighted by molar-refractivity contribution is 7.00. The van der Waals surface area contributed by atoms with Crippen molar-refractivity contribution in [3.05, 3.63) is 0 Å². The Labute approximate surface area is 50.3 Å². The first-order valence-electron chi connectivity index (χ1n) is 2.28. The number of rotatable bonds is 2. The smallest absolute Gasteiger partial charge is 0.303 e. The maximum Gasteiger partial charge on any atom is 0.303 e. The number of carbonyl (C=O) groups is 1. The van der Waals surface area contributed by atoms with Gasteiger partial charge in [-0.15, -0.1) is 0 Å². The van der Waals surface area contributed by atoms with Crippen LogP contribution in [0, 0.1) is 0 Å². The average molecular weight is 138 g/mol. The fourth-order valence-corrected chi connectivity index (χ4v) is 0.214. The summed E-state index contributed by atoms with van der Waals surface area (Å²) in [4.78, 5) is 9.60. The molecule has 0 saturated heterocycles. The summed E-state index contributed by atoms with van der Waals surface area (Å²) in [5.41, 5.74) is 0. The maximum atomic E-state index is 9.60. The zero-order chi connectivity index (χ0) is 6.99. The van der Waals surface area contributed by atoms with Gasteiger partial charge >= 0.3 is 5.97 Å². The first-order valence-corrected chi connectivity index (χ1v) is 2.85. The molecule has 0 aromatic heterocycles. The first-order chi connectivity index (χ1) is 3.77.